The van der Waals surface area contributed by atoms with Crippen molar-refractivity contribution >= 4 is 39.8 Å². The van der Waals surface area contributed by atoms with E-state index in [1.807, 2.05) is 66.4 Å². The third-order valence-electron chi connectivity index (χ3n) is 3.82. The molecule has 27 heavy (non-hydrogen) atoms. The van der Waals surface area contributed by atoms with E-state index in [-0.39, 0.29) is 5.91 Å². The first-order valence-corrected chi connectivity index (χ1v) is 10.4. The number of carbonyl (C=O) groups is 1. The number of nitrogens with one attached hydrogen (secondary N) is 1. The second-order valence-corrected chi connectivity index (χ2v) is 7.83. The summed E-state index contributed by atoms with van der Waals surface area (Å²) in [5, 5.41) is 4.02. The van der Waals surface area contributed by atoms with E-state index in [0.717, 1.165) is 21.5 Å². The minimum atomic E-state index is -0.218. The number of hydrogen-bond acceptors (Lipinski definition) is 3. The van der Waals surface area contributed by atoms with E-state index in [9.17, 15) is 4.79 Å². The molecule has 0 aromatic heterocycles. The number of hydrazone groups is 1. The van der Waals surface area contributed by atoms with E-state index < -0.39 is 0 Å². The minimum Gasteiger partial charge on any atom is -0.267 e. The van der Waals surface area contributed by atoms with E-state index in [2.05, 4.69) is 50.7 Å². The van der Waals surface area contributed by atoms with Gasteiger partial charge in [0.1, 0.15) is 0 Å². The summed E-state index contributed by atoms with van der Waals surface area (Å²) in [6, 6.07) is 25.8. The molecule has 3 aromatic rings. The van der Waals surface area contributed by atoms with Crippen LogP contribution in [0.15, 0.2) is 88.4 Å². The molecule has 0 saturated heterocycles. The van der Waals surface area contributed by atoms with Gasteiger partial charge < -0.3 is 0 Å². The van der Waals surface area contributed by atoms with Gasteiger partial charge in [-0.1, -0.05) is 70.5 Å². The Labute approximate surface area is 172 Å². The van der Waals surface area contributed by atoms with Crippen LogP contribution in [0.25, 0.3) is 0 Å². The maximum atomic E-state index is 12.2. The lowest BCUT2D eigenvalue weighted by atomic mass is 10.1. The predicted molar refractivity (Wildman–Crippen MR) is 117 cm³/mol. The van der Waals surface area contributed by atoms with Crippen LogP contribution in [0.4, 0.5) is 0 Å². The third-order valence-corrected chi connectivity index (χ3v) is 5.39. The molecule has 0 heterocycles. The van der Waals surface area contributed by atoms with Gasteiger partial charge in [-0.3, -0.25) is 4.79 Å². The first-order valence-electron chi connectivity index (χ1n) is 8.50. The Bertz CT molecular complexity index is 911. The lowest BCUT2D eigenvalue weighted by Crippen LogP contribution is -2.17. The summed E-state index contributed by atoms with van der Waals surface area (Å²) in [6.45, 7) is 0. The number of thioether (sulfide) groups is 1. The lowest BCUT2D eigenvalue weighted by Gasteiger charge is -2.04. The van der Waals surface area contributed by atoms with Crippen LogP contribution in [0.3, 0.4) is 0 Å². The summed E-state index contributed by atoms with van der Waals surface area (Å²) in [5.41, 5.74) is 6.59. The van der Waals surface area contributed by atoms with E-state index in [4.69, 9.17) is 0 Å². The fourth-order valence-electron chi connectivity index (χ4n) is 2.43. The molecule has 5 heteroatoms. The molecule has 0 aliphatic carbocycles. The van der Waals surface area contributed by atoms with Gasteiger partial charge in [0.25, 0.3) is 5.91 Å². The Balaban J connectivity index is 1.48. The second kappa shape index (κ2) is 10.1. The molecule has 0 aliphatic heterocycles. The first-order chi connectivity index (χ1) is 13.2. The van der Waals surface area contributed by atoms with Gasteiger partial charge in [-0.05, 0) is 41.0 Å². The minimum absolute atomic E-state index is 0.218. The summed E-state index contributed by atoms with van der Waals surface area (Å²) in [5.74, 6) is 1.68. The third kappa shape index (κ3) is 6.38. The molecule has 0 spiro atoms. The number of benzene rings is 3. The Kier molecular flexibility index (Phi) is 7.25. The normalized spacial score (nSPS) is 10.9. The van der Waals surface area contributed by atoms with Crippen molar-refractivity contribution in [3.63, 3.8) is 0 Å². The molecule has 0 fully saturated rings. The van der Waals surface area contributed by atoms with Crippen LogP contribution in [-0.2, 0) is 11.5 Å². The number of carbonyl (C=O) groups excluding carboxylic acids is 1. The average molecular weight is 439 g/mol. The van der Waals surface area contributed by atoms with Crippen molar-refractivity contribution in [3.05, 3.63) is 106 Å². The number of nitrogens with zero attached hydrogens (tertiary/aromatic N) is 1. The molecule has 3 nitrogen and oxygen atoms in total. The first kappa shape index (κ1) is 19.4. The summed E-state index contributed by atoms with van der Waals surface area (Å²) in [7, 11) is 0. The van der Waals surface area contributed by atoms with Gasteiger partial charge in [-0.2, -0.15) is 16.9 Å². The zero-order valence-electron chi connectivity index (χ0n) is 14.6. The summed E-state index contributed by atoms with van der Waals surface area (Å²) < 4.78 is 0.971. The van der Waals surface area contributed by atoms with Crippen molar-refractivity contribution in [2.75, 3.05) is 0 Å². The average Bonchev–Trinajstić information content (AvgIpc) is 2.69. The summed E-state index contributed by atoms with van der Waals surface area (Å²) in [4.78, 5) is 12.2. The number of amides is 1. The van der Waals surface area contributed by atoms with Crippen LogP contribution < -0.4 is 5.43 Å². The fraction of sp³-hybridized carbons (Fsp3) is 0.0909. The number of hydrogen-bond donors (Lipinski definition) is 1. The molecule has 0 radical (unpaired) electrons. The van der Waals surface area contributed by atoms with E-state index in [1.165, 1.54) is 11.1 Å². The van der Waals surface area contributed by atoms with Crippen molar-refractivity contribution in [2.24, 2.45) is 5.10 Å². The van der Waals surface area contributed by atoms with Gasteiger partial charge in [0, 0.05) is 21.5 Å². The van der Waals surface area contributed by atoms with Gasteiger partial charge in [0.15, 0.2) is 0 Å². The van der Waals surface area contributed by atoms with Crippen LogP contribution in [0.1, 0.15) is 27.0 Å². The Morgan fingerprint density at radius 2 is 1.63 bits per heavy atom. The molecule has 1 amide bonds. The maximum Gasteiger partial charge on any atom is 0.271 e. The van der Waals surface area contributed by atoms with Crippen LogP contribution in [0.2, 0.25) is 0 Å². The van der Waals surface area contributed by atoms with Gasteiger partial charge >= 0.3 is 0 Å². The highest BCUT2D eigenvalue weighted by atomic mass is 79.9. The van der Waals surface area contributed by atoms with Crippen molar-refractivity contribution in [1.29, 1.82) is 0 Å². The van der Waals surface area contributed by atoms with E-state index >= 15 is 0 Å². The van der Waals surface area contributed by atoms with Gasteiger partial charge in [-0.15, -0.1) is 0 Å². The maximum absolute atomic E-state index is 12.2. The van der Waals surface area contributed by atoms with Crippen molar-refractivity contribution in [1.82, 2.24) is 5.43 Å². The predicted octanol–water partition coefficient (Wildman–Crippen LogP) is 5.65. The van der Waals surface area contributed by atoms with Crippen LogP contribution in [-0.4, -0.2) is 12.1 Å². The molecule has 3 rings (SSSR count). The number of rotatable bonds is 7. The zero-order valence-corrected chi connectivity index (χ0v) is 17.0. The largest absolute Gasteiger partial charge is 0.271 e. The molecular formula is C22H19BrN2OS. The SMILES string of the molecule is O=C(N/N=C\c1cccc(Br)c1)c1ccc(CSCc2ccccc2)cc1. The van der Waals surface area contributed by atoms with Crippen molar-refractivity contribution < 1.29 is 4.79 Å². The van der Waals surface area contributed by atoms with Crippen molar-refractivity contribution in [2.45, 2.75) is 11.5 Å². The van der Waals surface area contributed by atoms with E-state index in [0.29, 0.717) is 5.56 Å². The molecule has 136 valence electrons. The molecule has 3 aromatic carbocycles. The smallest absolute Gasteiger partial charge is 0.267 e. The Morgan fingerprint density at radius 1 is 0.926 bits per heavy atom. The Hall–Kier alpha value is -2.37. The highest BCUT2D eigenvalue weighted by Gasteiger charge is 2.04. The molecule has 0 unspecified atom stereocenters. The van der Waals surface area contributed by atoms with E-state index in [1.54, 1.807) is 6.21 Å². The standard InChI is InChI=1S/C22H19BrN2OS/c23-21-8-4-7-19(13-21)14-24-25-22(26)20-11-9-18(10-12-20)16-27-15-17-5-2-1-3-6-17/h1-14H,15-16H2,(H,25,26)/b24-14-. The molecule has 0 atom stereocenters. The quantitative estimate of drug-likeness (QED) is 0.382. The molecule has 0 aliphatic rings. The molecule has 0 bridgehead atoms. The lowest BCUT2D eigenvalue weighted by molar-refractivity contribution is 0.0955. The van der Waals surface area contributed by atoms with Crippen LogP contribution in [0.5, 0.6) is 0 Å². The van der Waals surface area contributed by atoms with Gasteiger partial charge in [-0.25, -0.2) is 5.43 Å². The molecular weight excluding hydrogens is 420 g/mol. The molecule has 0 saturated carbocycles. The summed E-state index contributed by atoms with van der Waals surface area (Å²) in [6.07, 6.45) is 1.62. The second-order valence-electron chi connectivity index (χ2n) is 5.93. The van der Waals surface area contributed by atoms with Crippen molar-refractivity contribution in [3.8, 4) is 0 Å². The van der Waals surface area contributed by atoms with Crippen LogP contribution >= 0.6 is 27.7 Å². The topological polar surface area (TPSA) is 41.5 Å². The number of halogens is 1. The summed E-state index contributed by atoms with van der Waals surface area (Å²) >= 11 is 5.27. The Morgan fingerprint density at radius 3 is 2.33 bits per heavy atom. The van der Waals surface area contributed by atoms with Gasteiger partial charge in [0.05, 0.1) is 6.21 Å². The highest BCUT2D eigenvalue weighted by Crippen LogP contribution is 2.18. The van der Waals surface area contributed by atoms with Gasteiger partial charge in [0.2, 0.25) is 0 Å². The van der Waals surface area contributed by atoms with Crippen LogP contribution in [0, 0.1) is 0 Å². The monoisotopic (exact) mass is 438 g/mol. The fourth-order valence-corrected chi connectivity index (χ4v) is 3.81. The zero-order chi connectivity index (χ0) is 18.9. The highest BCUT2D eigenvalue weighted by molar-refractivity contribution is 9.10. The molecule has 1 N–H and O–H groups in total.